The summed E-state index contributed by atoms with van der Waals surface area (Å²) in [6.07, 6.45) is 0. The Labute approximate surface area is 140 Å². The third-order valence-corrected chi connectivity index (χ3v) is 4.43. The molecule has 0 saturated heterocycles. The molecule has 3 aromatic rings. The minimum Gasteiger partial charge on any atom is -0.411 e. The van der Waals surface area contributed by atoms with Gasteiger partial charge in [-0.25, -0.2) is 4.39 Å². The molecule has 0 bridgehead atoms. The van der Waals surface area contributed by atoms with E-state index in [0.29, 0.717) is 22.4 Å². The zero-order valence-electron chi connectivity index (χ0n) is 11.7. The van der Waals surface area contributed by atoms with Crippen LogP contribution in [-0.4, -0.2) is 10.2 Å². The molecule has 2 aromatic carbocycles. The first-order valence-electron chi connectivity index (χ1n) is 6.59. The third kappa shape index (κ3) is 3.56. The van der Waals surface area contributed by atoms with E-state index in [-0.39, 0.29) is 5.82 Å². The van der Waals surface area contributed by atoms with Crippen molar-refractivity contribution in [2.45, 2.75) is 17.9 Å². The molecule has 1 heterocycles. The minimum atomic E-state index is -0.250. The highest BCUT2D eigenvalue weighted by Gasteiger charge is 2.10. The quantitative estimate of drug-likeness (QED) is 0.582. The molecule has 0 radical (unpaired) electrons. The molecular formula is C16H12BrFN2OS. The number of nitrogens with zero attached hydrogens (tertiary/aromatic N) is 2. The van der Waals surface area contributed by atoms with Crippen LogP contribution in [0, 0.1) is 12.7 Å². The number of benzene rings is 2. The van der Waals surface area contributed by atoms with Crippen LogP contribution in [0.3, 0.4) is 0 Å². The Hall–Kier alpha value is -1.66. The van der Waals surface area contributed by atoms with Crippen LogP contribution in [0.1, 0.15) is 11.1 Å². The average Bonchev–Trinajstić information content (AvgIpc) is 2.96. The van der Waals surface area contributed by atoms with Crippen molar-refractivity contribution < 1.29 is 8.81 Å². The fraction of sp³-hybridized carbons (Fsp3) is 0.125. The fourth-order valence-corrected chi connectivity index (χ4v) is 2.94. The number of hydrogen-bond acceptors (Lipinski definition) is 4. The summed E-state index contributed by atoms with van der Waals surface area (Å²) >= 11 is 4.56. The molecule has 112 valence electrons. The van der Waals surface area contributed by atoms with E-state index in [0.717, 1.165) is 10.0 Å². The molecule has 0 spiro atoms. The second kappa shape index (κ2) is 6.62. The van der Waals surface area contributed by atoms with Crippen molar-refractivity contribution in [2.75, 3.05) is 0 Å². The zero-order valence-corrected chi connectivity index (χ0v) is 14.1. The summed E-state index contributed by atoms with van der Waals surface area (Å²) in [7, 11) is 0. The molecule has 0 aliphatic heterocycles. The van der Waals surface area contributed by atoms with Gasteiger partial charge in [-0.2, -0.15) is 0 Å². The molecule has 0 atom stereocenters. The van der Waals surface area contributed by atoms with Crippen molar-refractivity contribution in [3.8, 4) is 11.5 Å². The first-order valence-corrected chi connectivity index (χ1v) is 8.37. The highest BCUT2D eigenvalue weighted by Crippen LogP contribution is 2.27. The van der Waals surface area contributed by atoms with Gasteiger partial charge in [-0.05, 0) is 36.8 Å². The van der Waals surface area contributed by atoms with Gasteiger partial charge < -0.3 is 4.42 Å². The monoisotopic (exact) mass is 378 g/mol. The maximum absolute atomic E-state index is 13.8. The maximum Gasteiger partial charge on any atom is 0.277 e. The van der Waals surface area contributed by atoms with Gasteiger partial charge in [0.2, 0.25) is 5.89 Å². The Morgan fingerprint density at radius 3 is 2.64 bits per heavy atom. The molecule has 22 heavy (non-hydrogen) atoms. The predicted octanol–water partition coefficient (Wildman–Crippen LogP) is 5.24. The summed E-state index contributed by atoms with van der Waals surface area (Å²) in [5, 5.41) is 8.45. The normalized spacial score (nSPS) is 10.9. The van der Waals surface area contributed by atoms with Gasteiger partial charge in [0.25, 0.3) is 5.22 Å². The summed E-state index contributed by atoms with van der Waals surface area (Å²) < 4.78 is 20.1. The molecule has 0 saturated carbocycles. The standard InChI is InChI=1S/C16H12BrFN2OS/c1-10-2-4-11(5-3-10)15-19-20-16(21-15)22-9-12-6-7-13(17)8-14(12)18/h2-8H,9H2,1H3. The van der Waals surface area contributed by atoms with Crippen LogP contribution < -0.4 is 0 Å². The molecular weight excluding hydrogens is 367 g/mol. The van der Waals surface area contributed by atoms with Crippen molar-refractivity contribution in [1.29, 1.82) is 0 Å². The molecule has 0 N–H and O–H groups in total. The van der Waals surface area contributed by atoms with E-state index >= 15 is 0 Å². The van der Waals surface area contributed by atoms with Crippen LogP contribution in [0.2, 0.25) is 0 Å². The van der Waals surface area contributed by atoms with E-state index in [2.05, 4.69) is 26.1 Å². The van der Waals surface area contributed by atoms with E-state index in [1.807, 2.05) is 37.3 Å². The number of hydrogen-bond donors (Lipinski definition) is 0. The molecule has 0 amide bonds. The number of aromatic nitrogens is 2. The van der Waals surface area contributed by atoms with Crippen molar-refractivity contribution in [2.24, 2.45) is 0 Å². The first kappa shape index (κ1) is 15.2. The lowest BCUT2D eigenvalue weighted by Gasteiger charge is -2.01. The van der Waals surface area contributed by atoms with Gasteiger partial charge in [0.15, 0.2) is 0 Å². The lowest BCUT2D eigenvalue weighted by Crippen LogP contribution is -1.87. The average molecular weight is 379 g/mol. The van der Waals surface area contributed by atoms with Gasteiger partial charge in [-0.3, -0.25) is 0 Å². The number of halogens is 2. The van der Waals surface area contributed by atoms with Gasteiger partial charge >= 0.3 is 0 Å². The highest BCUT2D eigenvalue weighted by atomic mass is 79.9. The van der Waals surface area contributed by atoms with Crippen LogP contribution in [0.25, 0.3) is 11.5 Å². The lowest BCUT2D eigenvalue weighted by molar-refractivity contribution is 0.465. The molecule has 6 heteroatoms. The smallest absolute Gasteiger partial charge is 0.277 e. The van der Waals surface area contributed by atoms with Gasteiger partial charge in [-0.1, -0.05) is 51.5 Å². The Morgan fingerprint density at radius 1 is 1.14 bits per heavy atom. The number of rotatable bonds is 4. The summed E-state index contributed by atoms with van der Waals surface area (Å²) in [6.45, 7) is 2.02. The summed E-state index contributed by atoms with van der Waals surface area (Å²) in [5.74, 6) is 0.660. The Kier molecular flexibility index (Phi) is 4.59. The Bertz CT molecular complexity index is 789. The second-order valence-electron chi connectivity index (χ2n) is 4.76. The lowest BCUT2D eigenvalue weighted by atomic mass is 10.1. The van der Waals surface area contributed by atoms with Crippen LogP contribution in [-0.2, 0) is 5.75 Å². The Morgan fingerprint density at radius 2 is 1.91 bits per heavy atom. The van der Waals surface area contributed by atoms with E-state index in [1.54, 1.807) is 6.07 Å². The fourth-order valence-electron chi connectivity index (χ4n) is 1.86. The van der Waals surface area contributed by atoms with Gasteiger partial charge in [0, 0.05) is 15.8 Å². The topological polar surface area (TPSA) is 38.9 Å². The van der Waals surface area contributed by atoms with E-state index in [1.165, 1.54) is 23.4 Å². The van der Waals surface area contributed by atoms with E-state index < -0.39 is 0 Å². The summed E-state index contributed by atoms with van der Waals surface area (Å²) in [5.41, 5.74) is 2.65. The molecule has 0 aliphatic rings. The minimum absolute atomic E-state index is 0.250. The van der Waals surface area contributed by atoms with Crippen molar-refractivity contribution in [3.63, 3.8) is 0 Å². The summed E-state index contributed by atoms with van der Waals surface area (Å²) in [6, 6.07) is 12.8. The molecule has 1 aromatic heterocycles. The molecule has 3 nitrogen and oxygen atoms in total. The number of thioether (sulfide) groups is 1. The van der Waals surface area contributed by atoms with Crippen LogP contribution in [0.15, 0.2) is 56.6 Å². The highest BCUT2D eigenvalue weighted by molar-refractivity contribution is 9.10. The molecule has 0 fully saturated rings. The zero-order chi connectivity index (χ0) is 15.5. The molecule has 0 aliphatic carbocycles. The molecule has 0 unspecified atom stereocenters. The van der Waals surface area contributed by atoms with Crippen molar-refractivity contribution in [1.82, 2.24) is 10.2 Å². The SMILES string of the molecule is Cc1ccc(-c2nnc(SCc3ccc(Br)cc3F)o2)cc1. The van der Waals surface area contributed by atoms with Crippen LogP contribution in [0.5, 0.6) is 0 Å². The van der Waals surface area contributed by atoms with Crippen molar-refractivity contribution in [3.05, 3.63) is 63.9 Å². The second-order valence-corrected chi connectivity index (χ2v) is 6.61. The van der Waals surface area contributed by atoms with E-state index in [9.17, 15) is 4.39 Å². The number of aryl methyl sites for hydroxylation is 1. The van der Waals surface area contributed by atoms with Gasteiger partial charge in [-0.15, -0.1) is 10.2 Å². The van der Waals surface area contributed by atoms with Gasteiger partial charge in [0.1, 0.15) is 5.82 Å². The van der Waals surface area contributed by atoms with E-state index in [4.69, 9.17) is 4.42 Å². The Balaban J connectivity index is 1.70. The first-order chi connectivity index (χ1) is 10.6. The maximum atomic E-state index is 13.8. The largest absolute Gasteiger partial charge is 0.411 e. The van der Waals surface area contributed by atoms with Crippen LogP contribution in [0.4, 0.5) is 4.39 Å². The molecule has 3 rings (SSSR count). The summed E-state index contributed by atoms with van der Waals surface area (Å²) in [4.78, 5) is 0. The van der Waals surface area contributed by atoms with Crippen LogP contribution >= 0.6 is 27.7 Å². The predicted molar refractivity (Wildman–Crippen MR) is 88.1 cm³/mol. The third-order valence-electron chi connectivity index (χ3n) is 3.07. The van der Waals surface area contributed by atoms with Crippen molar-refractivity contribution >= 4 is 27.7 Å². The van der Waals surface area contributed by atoms with Gasteiger partial charge in [0.05, 0.1) is 0 Å².